The van der Waals surface area contributed by atoms with Crippen molar-refractivity contribution in [1.82, 2.24) is 0 Å². The van der Waals surface area contributed by atoms with Crippen LogP contribution in [0.25, 0.3) is 55.3 Å². The maximum atomic E-state index is 6.76. The summed E-state index contributed by atoms with van der Waals surface area (Å²) >= 11 is 0. The van der Waals surface area contributed by atoms with Gasteiger partial charge in [0.15, 0.2) is 0 Å². The lowest BCUT2D eigenvalue weighted by Gasteiger charge is -2.40. The monoisotopic (exact) mass is 919 g/mol. The highest BCUT2D eigenvalue weighted by molar-refractivity contribution is 6.07. The molecule has 0 saturated heterocycles. The third-order valence-corrected chi connectivity index (χ3v) is 16.0. The molecular formula is C68H41NO3. The zero-order valence-corrected chi connectivity index (χ0v) is 38.8. The van der Waals surface area contributed by atoms with E-state index >= 15 is 0 Å². The number of para-hydroxylation sites is 5. The maximum Gasteiger partial charge on any atom is 0.135 e. The Kier molecular flexibility index (Phi) is 7.99. The van der Waals surface area contributed by atoms with E-state index in [1.165, 1.54) is 44.5 Å². The predicted octanol–water partition coefficient (Wildman–Crippen LogP) is 17.7. The van der Waals surface area contributed by atoms with Crippen molar-refractivity contribution in [1.29, 1.82) is 0 Å². The molecule has 0 amide bonds. The summed E-state index contributed by atoms with van der Waals surface area (Å²) in [5.41, 5.74) is 20.3. The van der Waals surface area contributed by atoms with E-state index in [1.54, 1.807) is 0 Å². The Hall–Kier alpha value is -9.38. The average molecular weight is 920 g/mol. The second-order valence-electron chi connectivity index (χ2n) is 19.4. The molecule has 0 atom stereocenters. The molecule has 0 N–H and O–H groups in total. The zero-order valence-electron chi connectivity index (χ0n) is 38.8. The number of hydrogen-bond donors (Lipinski definition) is 0. The van der Waals surface area contributed by atoms with E-state index < -0.39 is 10.8 Å². The van der Waals surface area contributed by atoms with E-state index in [4.69, 9.17) is 13.9 Å². The third-order valence-electron chi connectivity index (χ3n) is 16.0. The highest BCUT2D eigenvalue weighted by Gasteiger charge is 2.54. The maximum absolute atomic E-state index is 6.76. The third kappa shape index (κ3) is 5.05. The number of benzene rings is 11. The standard InChI is InChI=1S/C68H41NO3/c1-4-20-49-46(18-1)65-55(67(49)51-22-6-11-31-61(51)71-62-32-12-7-23-52(62)67)26-15-28-57(65)69(44-38-35-42(36-39-44)43-37-40-60-48(41-43)45-17-3-10-30-59(45)70-60)58-29-16-27-56-66(58)47-19-2-5-21-50(47)68(56)53-24-8-13-33-63(53)72-64-34-14-9-25-54(64)68/h1-41H. The van der Waals surface area contributed by atoms with Crippen molar-refractivity contribution in [3.05, 3.63) is 293 Å². The molecule has 1 aromatic heterocycles. The molecule has 3 heterocycles. The van der Waals surface area contributed by atoms with Crippen LogP contribution in [0, 0.1) is 0 Å². The van der Waals surface area contributed by atoms with Crippen molar-refractivity contribution in [3.63, 3.8) is 0 Å². The molecule has 0 bridgehead atoms. The lowest BCUT2D eigenvalue weighted by molar-refractivity contribution is 0.436. The summed E-state index contributed by atoms with van der Waals surface area (Å²) in [6.07, 6.45) is 0. The molecule has 2 aliphatic heterocycles. The van der Waals surface area contributed by atoms with Crippen LogP contribution in [0.3, 0.4) is 0 Å². The fraction of sp³-hybridized carbons (Fsp3) is 0.0294. The molecule has 0 fully saturated rings. The Bertz CT molecular complexity index is 3970. The number of rotatable bonds is 4. The topological polar surface area (TPSA) is 34.8 Å². The van der Waals surface area contributed by atoms with Crippen LogP contribution in [0.15, 0.2) is 253 Å². The van der Waals surface area contributed by atoms with E-state index in [2.05, 4.69) is 241 Å². The SMILES string of the molecule is c1ccc2c(c1)Oc1ccccc1C21c2ccccc2-c2c(N(c3ccc(-c4ccc5oc6ccccc6c5c4)cc3)c3cccc4c3-c3ccccc3C43c4ccccc4Oc4ccccc43)cccc21. The second-order valence-corrected chi connectivity index (χ2v) is 19.4. The predicted molar refractivity (Wildman–Crippen MR) is 289 cm³/mol. The molecule has 12 aromatic rings. The van der Waals surface area contributed by atoms with Crippen molar-refractivity contribution < 1.29 is 13.9 Å². The Morgan fingerprint density at radius 3 is 1.21 bits per heavy atom. The summed E-state index contributed by atoms with van der Waals surface area (Å²) in [5, 5.41) is 2.23. The van der Waals surface area contributed by atoms with E-state index in [0.717, 1.165) is 95.4 Å². The number of nitrogens with zero attached hydrogens (tertiary/aromatic N) is 1. The van der Waals surface area contributed by atoms with Gasteiger partial charge in [0.05, 0.1) is 22.2 Å². The van der Waals surface area contributed by atoms with E-state index in [-0.39, 0.29) is 0 Å². The van der Waals surface area contributed by atoms with Crippen LogP contribution in [-0.4, -0.2) is 0 Å². The van der Waals surface area contributed by atoms with Gasteiger partial charge in [-0.3, -0.25) is 0 Å². The van der Waals surface area contributed by atoms with Crippen LogP contribution in [-0.2, 0) is 10.8 Å². The van der Waals surface area contributed by atoms with Crippen LogP contribution in [0.1, 0.15) is 44.5 Å². The number of ether oxygens (including phenoxy) is 2. The Labute approximate surface area is 416 Å². The van der Waals surface area contributed by atoms with Gasteiger partial charge in [0, 0.05) is 49.8 Å². The van der Waals surface area contributed by atoms with Gasteiger partial charge in [0.2, 0.25) is 0 Å². The summed E-state index contributed by atoms with van der Waals surface area (Å²) in [4.78, 5) is 2.54. The molecule has 336 valence electrons. The summed E-state index contributed by atoms with van der Waals surface area (Å²) in [6.45, 7) is 0. The van der Waals surface area contributed by atoms with Gasteiger partial charge in [-0.05, 0) is 111 Å². The van der Waals surface area contributed by atoms with Crippen LogP contribution in [0.4, 0.5) is 17.1 Å². The molecule has 4 heteroatoms. The van der Waals surface area contributed by atoms with E-state index in [9.17, 15) is 0 Å². The first kappa shape index (κ1) is 39.5. The molecule has 72 heavy (non-hydrogen) atoms. The van der Waals surface area contributed by atoms with Gasteiger partial charge in [-0.25, -0.2) is 0 Å². The van der Waals surface area contributed by atoms with Crippen LogP contribution < -0.4 is 14.4 Å². The molecule has 0 saturated carbocycles. The molecule has 11 aromatic carbocycles. The molecule has 2 aliphatic carbocycles. The van der Waals surface area contributed by atoms with Crippen molar-refractivity contribution in [2.24, 2.45) is 0 Å². The van der Waals surface area contributed by atoms with Gasteiger partial charge in [0.1, 0.15) is 34.2 Å². The lowest BCUT2D eigenvalue weighted by Crippen LogP contribution is -2.32. The number of fused-ring (bicyclic) bond motifs is 21. The largest absolute Gasteiger partial charge is 0.457 e. The van der Waals surface area contributed by atoms with Gasteiger partial charge < -0.3 is 18.8 Å². The lowest BCUT2D eigenvalue weighted by atomic mass is 9.66. The van der Waals surface area contributed by atoms with Crippen LogP contribution in [0.2, 0.25) is 0 Å². The van der Waals surface area contributed by atoms with Crippen molar-refractivity contribution in [2.75, 3.05) is 4.90 Å². The first-order valence-electron chi connectivity index (χ1n) is 24.7. The Balaban J connectivity index is 0.984. The molecular weight excluding hydrogens is 879 g/mol. The molecule has 4 nitrogen and oxygen atoms in total. The second kappa shape index (κ2) is 14.6. The van der Waals surface area contributed by atoms with Gasteiger partial charge in [-0.2, -0.15) is 0 Å². The number of furan rings is 1. The van der Waals surface area contributed by atoms with Crippen LogP contribution in [0.5, 0.6) is 23.0 Å². The normalized spacial score (nSPS) is 14.3. The van der Waals surface area contributed by atoms with E-state index in [1.807, 2.05) is 12.1 Å². The fourth-order valence-corrected chi connectivity index (χ4v) is 13.3. The molecule has 0 radical (unpaired) electrons. The zero-order chi connectivity index (χ0) is 47.1. The highest BCUT2D eigenvalue weighted by atomic mass is 16.5. The van der Waals surface area contributed by atoms with Gasteiger partial charge in [-0.1, -0.05) is 182 Å². The summed E-state index contributed by atoms with van der Waals surface area (Å²) in [6, 6.07) is 90.3. The van der Waals surface area contributed by atoms with Gasteiger partial charge in [-0.15, -0.1) is 0 Å². The van der Waals surface area contributed by atoms with Gasteiger partial charge in [0.25, 0.3) is 0 Å². The first-order valence-corrected chi connectivity index (χ1v) is 24.7. The Morgan fingerprint density at radius 1 is 0.292 bits per heavy atom. The minimum atomic E-state index is -0.635. The number of hydrogen-bond acceptors (Lipinski definition) is 4. The number of anilines is 3. The average Bonchev–Trinajstić information content (AvgIpc) is 4.07. The summed E-state index contributed by atoms with van der Waals surface area (Å²) in [5.74, 6) is 3.49. The van der Waals surface area contributed by atoms with E-state index in [0.29, 0.717) is 0 Å². The molecule has 16 rings (SSSR count). The highest BCUT2D eigenvalue weighted by Crippen LogP contribution is 2.67. The smallest absolute Gasteiger partial charge is 0.135 e. The first-order chi connectivity index (χ1) is 35.7. The quantitative estimate of drug-likeness (QED) is 0.176. The van der Waals surface area contributed by atoms with Crippen molar-refractivity contribution in [2.45, 2.75) is 10.8 Å². The molecule has 2 spiro atoms. The molecule has 4 aliphatic rings. The van der Waals surface area contributed by atoms with Crippen molar-refractivity contribution >= 4 is 39.0 Å². The summed E-state index contributed by atoms with van der Waals surface area (Å²) in [7, 11) is 0. The minimum Gasteiger partial charge on any atom is -0.457 e. The fourth-order valence-electron chi connectivity index (χ4n) is 13.3. The summed E-state index contributed by atoms with van der Waals surface area (Å²) < 4.78 is 19.8. The molecule has 0 unspecified atom stereocenters. The van der Waals surface area contributed by atoms with Crippen molar-refractivity contribution in [3.8, 4) is 56.4 Å². The Morgan fingerprint density at radius 2 is 0.694 bits per heavy atom. The van der Waals surface area contributed by atoms with Gasteiger partial charge >= 0.3 is 0 Å². The minimum absolute atomic E-state index is 0.635. The van der Waals surface area contributed by atoms with Crippen LogP contribution >= 0.6 is 0 Å².